The number of benzene rings is 1. The van der Waals surface area contributed by atoms with Crippen molar-refractivity contribution in [3.63, 3.8) is 0 Å². The van der Waals surface area contributed by atoms with Gasteiger partial charge in [-0.3, -0.25) is 0 Å². The molecule has 0 radical (unpaired) electrons. The molecule has 1 aromatic heterocycles. The number of aromatic nitrogens is 2. The Morgan fingerprint density at radius 2 is 1.94 bits per heavy atom. The fourth-order valence-corrected chi connectivity index (χ4v) is 1.54. The number of hydrogen-bond donors (Lipinski definition) is 1. The van der Waals surface area contributed by atoms with Crippen molar-refractivity contribution >= 4 is 17.4 Å². The summed E-state index contributed by atoms with van der Waals surface area (Å²) in [4.78, 5) is 0. The highest BCUT2D eigenvalue weighted by molar-refractivity contribution is 6.29. The number of anilines is 1. The van der Waals surface area contributed by atoms with Crippen LogP contribution in [0.25, 0.3) is 0 Å². The minimum Gasteiger partial charge on any atom is -0.489 e. The molecular weight excluding hydrogens is 238 g/mol. The van der Waals surface area contributed by atoms with E-state index in [-0.39, 0.29) is 11.0 Å². The third-order valence-electron chi connectivity index (χ3n) is 2.25. The van der Waals surface area contributed by atoms with Crippen molar-refractivity contribution in [2.75, 3.05) is 12.3 Å². The van der Waals surface area contributed by atoms with Crippen LogP contribution in [0.4, 0.5) is 5.82 Å². The standard InChI is InChI=1S/C12H12ClN3O/c13-11-8-10(12(14)16-15-11)17-7-6-9-4-2-1-3-5-9/h1-5,8H,6-7H2,(H2,14,16). The van der Waals surface area contributed by atoms with Gasteiger partial charge in [-0.1, -0.05) is 41.9 Å². The molecule has 1 heterocycles. The first-order chi connectivity index (χ1) is 8.25. The van der Waals surface area contributed by atoms with E-state index in [2.05, 4.69) is 10.2 Å². The van der Waals surface area contributed by atoms with Crippen molar-refractivity contribution in [1.29, 1.82) is 0 Å². The second-order valence-corrected chi connectivity index (χ2v) is 3.89. The van der Waals surface area contributed by atoms with Crippen molar-refractivity contribution in [3.8, 4) is 5.75 Å². The largest absolute Gasteiger partial charge is 0.489 e. The zero-order valence-corrected chi connectivity index (χ0v) is 9.89. The lowest BCUT2D eigenvalue weighted by Crippen LogP contribution is -2.05. The second-order valence-electron chi connectivity index (χ2n) is 3.50. The first kappa shape index (κ1) is 11.7. The number of rotatable bonds is 4. The SMILES string of the molecule is Nc1nnc(Cl)cc1OCCc1ccccc1. The summed E-state index contributed by atoms with van der Waals surface area (Å²) in [5.74, 6) is 0.725. The van der Waals surface area contributed by atoms with Gasteiger partial charge >= 0.3 is 0 Å². The minimum atomic E-state index is 0.252. The first-order valence-electron chi connectivity index (χ1n) is 5.21. The lowest BCUT2D eigenvalue weighted by Gasteiger charge is -2.07. The van der Waals surface area contributed by atoms with E-state index in [1.165, 1.54) is 5.56 Å². The molecule has 0 aliphatic heterocycles. The predicted molar refractivity (Wildman–Crippen MR) is 67.1 cm³/mol. The highest BCUT2D eigenvalue weighted by Gasteiger charge is 2.04. The van der Waals surface area contributed by atoms with Gasteiger partial charge < -0.3 is 10.5 Å². The summed E-state index contributed by atoms with van der Waals surface area (Å²) in [5.41, 5.74) is 6.82. The molecule has 0 atom stereocenters. The maximum Gasteiger partial charge on any atom is 0.188 e. The number of nitrogens with zero attached hydrogens (tertiary/aromatic N) is 2. The molecule has 0 saturated carbocycles. The molecule has 0 bridgehead atoms. The number of nitrogen functional groups attached to an aromatic ring is 1. The average molecular weight is 250 g/mol. The normalized spacial score (nSPS) is 10.2. The number of nitrogens with two attached hydrogens (primary N) is 1. The zero-order chi connectivity index (χ0) is 12.1. The molecule has 0 unspecified atom stereocenters. The van der Waals surface area contributed by atoms with E-state index in [0.29, 0.717) is 12.4 Å². The topological polar surface area (TPSA) is 61.0 Å². The van der Waals surface area contributed by atoms with Gasteiger partial charge in [-0.25, -0.2) is 0 Å². The molecule has 0 spiro atoms. The van der Waals surface area contributed by atoms with Crippen LogP contribution in [0.2, 0.25) is 5.15 Å². The van der Waals surface area contributed by atoms with Gasteiger partial charge in [0, 0.05) is 12.5 Å². The van der Waals surface area contributed by atoms with Crippen LogP contribution < -0.4 is 10.5 Å². The Bertz CT molecular complexity index is 490. The van der Waals surface area contributed by atoms with Gasteiger partial charge in [0.25, 0.3) is 0 Å². The summed E-state index contributed by atoms with van der Waals surface area (Å²) in [7, 11) is 0. The van der Waals surface area contributed by atoms with Crippen LogP contribution in [0, 0.1) is 0 Å². The van der Waals surface area contributed by atoms with Crippen molar-refractivity contribution in [2.45, 2.75) is 6.42 Å². The summed E-state index contributed by atoms with van der Waals surface area (Å²) in [6, 6.07) is 11.6. The van der Waals surface area contributed by atoms with Gasteiger partial charge in [0.2, 0.25) is 0 Å². The molecule has 0 saturated heterocycles. The Morgan fingerprint density at radius 3 is 2.71 bits per heavy atom. The Hall–Kier alpha value is -1.81. The van der Waals surface area contributed by atoms with Crippen LogP contribution in [0.1, 0.15) is 5.56 Å². The van der Waals surface area contributed by atoms with Gasteiger partial charge in [0.05, 0.1) is 6.61 Å². The van der Waals surface area contributed by atoms with E-state index in [1.807, 2.05) is 30.3 Å². The van der Waals surface area contributed by atoms with E-state index in [0.717, 1.165) is 6.42 Å². The van der Waals surface area contributed by atoms with Crippen molar-refractivity contribution in [3.05, 3.63) is 47.1 Å². The van der Waals surface area contributed by atoms with Gasteiger partial charge in [-0.2, -0.15) is 0 Å². The molecule has 1 aromatic carbocycles. The fraction of sp³-hybridized carbons (Fsp3) is 0.167. The summed E-state index contributed by atoms with van der Waals surface area (Å²) in [6.07, 6.45) is 0.806. The molecule has 2 aromatic rings. The number of halogens is 1. The quantitative estimate of drug-likeness (QED) is 0.904. The van der Waals surface area contributed by atoms with Crippen LogP contribution in [-0.4, -0.2) is 16.8 Å². The molecule has 5 heteroatoms. The molecule has 2 N–H and O–H groups in total. The Balaban J connectivity index is 1.92. The Kier molecular flexibility index (Phi) is 3.77. The highest BCUT2D eigenvalue weighted by Crippen LogP contribution is 2.20. The minimum absolute atomic E-state index is 0.252. The number of ether oxygens (including phenoxy) is 1. The van der Waals surface area contributed by atoms with E-state index < -0.39 is 0 Å². The van der Waals surface area contributed by atoms with E-state index in [1.54, 1.807) is 6.07 Å². The van der Waals surface area contributed by atoms with E-state index in [4.69, 9.17) is 22.1 Å². The predicted octanol–water partition coefficient (Wildman–Crippen LogP) is 2.33. The molecule has 4 nitrogen and oxygen atoms in total. The third kappa shape index (κ3) is 3.32. The molecular formula is C12H12ClN3O. The van der Waals surface area contributed by atoms with Crippen LogP contribution in [0.3, 0.4) is 0 Å². The second kappa shape index (κ2) is 5.50. The van der Waals surface area contributed by atoms with Crippen molar-refractivity contribution in [2.24, 2.45) is 0 Å². The molecule has 0 aliphatic rings. The van der Waals surface area contributed by atoms with Crippen LogP contribution >= 0.6 is 11.6 Å². The first-order valence-corrected chi connectivity index (χ1v) is 5.59. The van der Waals surface area contributed by atoms with Gasteiger partial charge in [0.1, 0.15) is 0 Å². The van der Waals surface area contributed by atoms with Gasteiger partial charge in [-0.15, -0.1) is 10.2 Å². The number of hydrogen-bond acceptors (Lipinski definition) is 4. The lowest BCUT2D eigenvalue weighted by atomic mass is 10.2. The van der Waals surface area contributed by atoms with Gasteiger partial charge in [-0.05, 0) is 5.56 Å². The monoisotopic (exact) mass is 249 g/mol. The van der Waals surface area contributed by atoms with E-state index in [9.17, 15) is 0 Å². The molecule has 2 rings (SSSR count). The Labute approximate surface area is 104 Å². The fourth-order valence-electron chi connectivity index (χ4n) is 1.40. The Morgan fingerprint density at radius 1 is 1.18 bits per heavy atom. The van der Waals surface area contributed by atoms with E-state index >= 15 is 0 Å². The maximum absolute atomic E-state index is 5.70. The van der Waals surface area contributed by atoms with Gasteiger partial charge in [0.15, 0.2) is 16.7 Å². The highest BCUT2D eigenvalue weighted by atomic mass is 35.5. The third-order valence-corrected chi connectivity index (χ3v) is 2.43. The molecule has 17 heavy (non-hydrogen) atoms. The van der Waals surface area contributed by atoms with Crippen LogP contribution in [-0.2, 0) is 6.42 Å². The summed E-state index contributed by atoms with van der Waals surface area (Å²) >= 11 is 5.70. The van der Waals surface area contributed by atoms with Crippen LogP contribution in [0.5, 0.6) is 5.75 Å². The summed E-state index contributed by atoms with van der Waals surface area (Å²) in [6.45, 7) is 0.524. The van der Waals surface area contributed by atoms with Crippen LogP contribution in [0.15, 0.2) is 36.4 Å². The summed E-state index contributed by atoms with van der Waals surface area (Å²) in [5, 5.41) is 7.56. The average Bonchev–Trinajstić information content (AvgIpc) is 2.35. The zero-order valence-electron chi connectivity index (χ0n) is 9.14. The van der Waals surface area contributed by atoms with Crippen molar-refractivity contribution < 1.29 is 4.74 Å². The summed E-state index contributed by atoms with van der Waals surface area (Å²) < 4.78 is 5.51. The smallest absolute Gasteiger partial charge is 0.188 e. The maximum atomic E-state index is 5.70. The molecule has 0 amide bonds. The molecule has 0 aliphatic carbocycles. The van der Waals surface area contributed by atoms with Crippen molar-refractivity contribution in [1.82, 2.24) is 10.2 Å². The molecule has 0 fully saturated rings. The molecule has 88 valence electrons. The lowest BCUT2D eigenvalue weighted by molar-refractivity contribution is 0.322.